The highest BCUT2D eigenvalue weighted by molar-refractivity contribution is 7.94. The minimum absolute atomic E-state index is 0.102. The Morgan fingerprint density at radius 3 is 2.35 bits per heavy atom. The van der Waals surface area contributed by atoms with E-state index in [2.05, 4.69) is 19.0 Å². The summed E-state index contributed by atoms with van der Waals surface area (Å²) in [6.45, 7) is 0.951. The average Bonchev–Trinajstić information content (AvgIpc) is 2.55. The molecule has 0 aromatic carbocycles. The molecule has 0 aliphatic carbocycles. The third kappa shape index (κ3) is 5.98. The average molecular weight is 403 g/mol. The number of allylic oxidation sites excluding steroid dienone is 1. The summed E-state index contributed by atoms with van der Waals surface area (Å²) in [6, 6.07) is 0. The van der Waals surface area contributed by atoms with Crippen molar-refractivity contribution in [3.05, 3.63) is 23.8 Å². The van der Waals surface area contributed by atoms with Gasteiger partial charge in [-0.25, -0.2) is 9.97 Å². The van der Waals surface area contributed by atoms with Gasteiger partial charge in [0.15, 0.2) is 6.61 Å². The minimum atomic E-state index is -5.75. The fraction of sp³-hybridized carbons (Fsp3) is 0.462. The number of ketones is 1. The molecule has 0 aliphatic rings. The molecule has 7 nitrogen and oxygen atoms in total. The molecular weight excluding hydrogens is 389 g/mol. The molecule has 26 heavy (non-hydrogen) atoms. The number of carbonyl (C=O) groups excluding carboxylic acids is 1. The zero-order valence-corrected chi connectivity index (χ0v) is 14.3. The van der Waals surface area contributed by atoms with Crippen LogP contribution in [0.2, 0.25) is 0 Å². The molecule has 0 spiro atoms. The molecule has 0 saturated carbocycles. The molecule has 0 fully saturated rings. The first-order valence-electron chi connectivity index (χ1n) is 6.86. The highest BCUT2D eigenvalue weighted by atomic mass is 32.2. The summed E-state index contributed by atoms with van der Waals surface area (Å²) >= 11 is 0.897. The van der Waals surface area contributed by atoms with E-state index in [0.717, 1.165) is 31.4 Å². The van der Waals surface area contributed by atoms with Crippen LogP contribution < -0.4 is 10.5 Å². The van der Waals surface area contributed by atoms with Gasteiger partial charge in [0.2, 0.25) is 17.4 Å². The summed E-state index contributed by atoms with van der Waals surface area (Å²) in [6.07, 6.45) is -4.07. The molecule has 1 rings (SSSR count). The predicted molar refractivity (Wildman–Crippen MR) is 80.6 cm³/mol. The van der Waals surface area contributed by atoms with Gasteiger partial charge in [-0.1, -0.05) is 6.92 Å². The maximum absolute atomic E-state index is 12.8. The number of alkyl halides is 5. The lowest BCUT2D eigenvalue weighted by molar-refractivity contribution is -0.290. The fourth-order valence-electron chi connectivity index (χ4n) is 1.29. The highest BCUT2D eigenvalue weighted by Gasteiger charge is 2.58. The zero-order valence-electron chi connectivity index (χ0n) is 13.5. The Hall–Kier alpha value is -2.15. The maximum Gasteiger partial charge on any atom is 0.456 e. The zero-order chi connectivity index (χ0) is 20.0. The highest BCUT2D eigenvalue weighted by Crippen LogP contribution is 2.35. The summed E-state index contributed by atoms with van der Waals surface area (Å²) in [7, 11) is 0. The minimum Gasteiger partial charge on any atom is -0.470 e. The van der Waals surface area contributed by atoms with Gasteiger partial charge in [-0.3, -0.25) is 4.79 Å². The molecule has 0 aliphatic heterocycles. The van der Waals surface area contributed by atoms with E-state index in [1.165, 1.54) is 0 Å². The first-order chi connectivity index (χ1) is 12.0. The topological polar surface area (TPSA) is 96.6 Å². The summed E-state index contributed by atoms with van der Waals surface area (Å²) in [5.74, 6) is -6.08. The second kappa shape index (κ2) is 8.98. The first kappa shape index (κ1) is 21.9. The maximum atomic E-state index is 12.8. The standard InChI is InChI=1S/C13H14F5N3O4S/c1-3-26-25-24-11(7(2)22)10(19)8-4-21-9(5-20-8)23-6-12(14,15)13(16,17)18/h4-5H,3,6,19H2,1-2H3/b11-10-. The lowest BCUT2D eigenvalue weighted by Crippen LogP contribution is -2.41. The summed E-state index contributed by atoms with van der Waals surface area (Å²) in [5, 5.41) is 0. The van der Waals surface area contributed by atoms with Gasteiger partial charge in [-0.15, -0.1) is 4.33 Å². The van der Waals surface area contributed by atoms with Gasteiger partial charge in [0.05, 0.1) is 12.4 Å². The van der Waals surface area contributed by atoms with Crippen molar-refractivity contribution in [3.63, 3.8) is 0 Å². The van der Waals surface area contributed by atoms with Crippen molar-refractivity contribution >= 4 is 23.5 Å². The fourth-order valence-corrected chi connectivity index (χ4v) is 1.50. The van der Waals surface area contributed by atoms with Crippen LogP contribution in [0.25, 0.3) is 5.70 Å². The molecule has 0 radical (unpaired) electrons. The van der Waals surface area contributed by atoms with Crippen LogP contribution in [0.3, 0.4) is 0 Å². The molecule has 13 heteroatoms. The van der Waals surface area contributed by atoms with E-state index >= 15 is 0 Å². The molecule has 2 N–H and O–H groups in total. The van der Waals surface area contributed by atoms with Gasteiger partial charge in [0.25, 0.3) is 0 Å². The van der Waals surface area contributed by atoms with Crippen molar-refractivity contribution in [1.29, 1.82) is 0 Å². The number of halogens is 5. The SMILES string of the molecule is CCSOO/C(C(C)=O)=C(\N)c1cnc(OCC(F)(F)C(F)(F)F)cn1. The van der Waals surface area contributed by atoms with Crippen LogP contribution in [0.1, 0.15) is 19.5 Å². The van der Waals surface area contributed by atoms with Crippen LogP contribution in [-0.4, -0.2) is 40.2 Å². The number of ether oxygens (including phenoxy) is 1. The molecule has 0 unspecified atom stereocenters. The molecular formula is C13H14F5N3O4S. The smallest absolute Gasteiger partial charge is 0.456 e. The molecule has 0 saturated heterocycles. The van der Waals surface area contributed by atoms with Gasteiger partial charge in [-0.2, -0.15) is 22.0 Å². The van der Waals surface area contributed by atoms with Gasteiger partial charge >= 0.3 is 12.1 Å². The van der Waals surface area contributed by atoms with Crippen molar-refractivity contribution < 1.29 is 40.7 Å². The van der Waals surface area contributed by atoms with Crippen LogP contribution in [-0.2, 0) is 14.0 Å². The van der Waals surface area contributed by atoms with Crippen molar-refractivity contribution in [2.24, 2.45) is 5.73 Å². The number of nitrogens with zero attached hydrogens (tertiary/aromatic N) is 2. The number of rotatable bonds is 9. The number of Topliss-reactive ketones (excluding diaryl/α,β-unsaturated/α-hetero) is 1. The lowest BCUT2D eigenvalue weighted by Gasteiger charge is -2.19. The van der Waals surface area contributed by atoms with Gasteiger partial charge < -0.3 is 15.4 Å². The van der Waals surface area contributed by atoms with Crippen LogP contribution in [0.15, 0.2) is 18.2 Å². The summed E-state index contributed by atoms with van der Waals surface area (Å²) in [4.78, 5) is 23.5. The van der Waals surface area contributed by atoms with Crippen molar-refractivity contribution in [3.8, 4) is 5.88 Å². The van der Waals surface area contributed by atoms with E-state index in [0.29, 0.717) is 5.75 Å². The van der Waals surface area contributed by atoms with E-state index in [-0.39, 0.29) is 17.2 Å². The Morgan fingerprint density at radius 1 is 1.23 bits per heavy atom. The van der Waals surface area contributed by atoms with E-state index in [1.54, 1.807) is 6.92 Å². The Bertz CT molecular complexity index is 652. The van der Waals surface area contributed by atoms with Gasteiger partial charge in [-0.05, 0) is 0 Å². The molecule has 0 bridgehead atoms. The predicted octanol–water partition coefficient (Wildman–Crippen LogP) is 2.89. The van der Waals surface area contributed by atoms with Crippen LogP contribution >= 0.6 is 12.0 Å². The molecule has 0 amide bonds. The van der Waals surface area contributed by atoms with Crippen LogP contribution in [0.5, 0.6) is 5.88 Å². The van der Waals surface area contributed by atoms with Crippen LogP contribution in [0.4, 0.5) is 22.0 Å². The third-order valence-electron chi connectivity index (χ3n) is 2.57. The molecule has 0 atom stereocenters. The largest absolute Gasteiger partial charge is 0.470 e. The van der Waals surface area contributed by atoms with E-state index in [9.17, 15) is 26.7 Å². The Labute approximate surface area is 148 Å². The van der Waals surface area contributed by atoms with Crippen LogP contribution in [0, 0.1) is 0 Å². The number of hydrogen-bond acceptors (Lipinski definition) is 8. The monoisotopic (exact) mass is 403 g/mol. The summed E-state index contributed by atoms with van der Waals surface area (Å²) < 4.78 is 70.7. The van der Waals surface area contributed by atoms with E-state index in [4.69, 9.17) is 10.6 Å². The number of aromatic nitrogens is 2. The number of hydrogen-bond donors (Lipinski definition) is 1. The van der Waals surface area contributed by atoms with E-state index < -0.39 is 30.4 Å². The van der Waals surface area contributed by atoms with Crippen molar-refractivity contribution in [2.45, 2.75) is 25.9 Å². The third-order valence-corrected chi connectivity index (χ3v) is 2.97. The van der Waals surface area contributed by atoms with Gasteiger partial charge in [0, 0.05) is 24.7 Å². The molecule has 1 heterocycles. The van der Waals surface area contributed by atoms with Crippen molar-refractivity contribution in [1.82, 2.24) is 9.97 Å². The molecule has 1 aromatic heterocycles. The van der Waals surface area contributed by atoms with Crippen molar-refractivity contribution in [2.75, 3.05) is 12.4 Å². The number of nitrogens with two attached hydrogens (primary N) is 1. The second-order valence-corrected chi connectivity index (χ2v) is 5.54. The Kier molecular flexibility index (Phi) is 7.56. The molecule has 146 valence electrons. The Morgan fingerprint density at radius 2 is 1.88 bits per heavy atom. The quantitative estimate of drug-likeness (QED) is 0.128. The second-order valence-electron chi connectivity index (χ2n) is 4.59. The Balaban J connectivity index is 2.88. The number of carbonyl (C=O) groups is 1. The molecule has 1 aromatic rings. The normalized spacial score (nSPS) is 13.2. The first-order valence-corrected chi connectivity index (χ1v) is 7.77. The summed E-state index contributed by atoms with van der Waals surface area (Å²) in [5.41, 5.74) is 5.33. The van der Waals surface area contributed by atoms with Gasteiger partial charge in [0.1, 0.15) is 11.4 Å². The van der Waals surface area contributed by atoms with E-state index in [1.807, 2.05) is 0 Å². The lowest BCUT2D eigenvalue weighted by atomic mass is 10.2.